The molecule has 2 heterocycles. The lowest BCUT2D eigenvalue weighted by molar-refractivity contribution is -0.386. The van der Waals surface area contributed by atoms with E-state index in [0.29, 0.717) is 12.0 Å². The first kappa shape index (κ1) is 24.4. The number of nitrogens with two attached hydrogens (primary N) is 1. The Morgan fingerprint density at radius 3 is 2.68 bits per heavy atom. The molecule has 0 aliphatic carbocycles. The standard InChI is InChI=1S/C21H21N5O7S/c1-3-10-32-21(29)16-12(2)17(18(22)27)34-20(16)23-19(28)13-8-9-25(24-13)11-33-15-7-5-4-6-14(15)26(30)31/h4-9H,3,10-11H2,1-2H3,(H2,22,27)(H,23,28). The summed E-state index contributed by atoms with van der Waals surface area (Å²) < 4.78 is 11.9. The van der Waals surface area contributed by atoms with Crippen molar-refractivity contribution in [2.75, 3.05) is 11.9 Å². The SMILES string of the molecule is CCCOC(=O)c1c(NC(=O)c2ccn(COc3ccccc3[N+](=O)[O-])n2)sc(C(N)=O)c1C. The van der Waals surface area contributed by atoms with Gasteiger partial charge in [-0.25, -0.2) is 9.48 Å². The van der Waals surface area contributed by atoms with Crippen LogP contribution in [0.2, 0.25) is 0 Å². The summed E-state index contributed by atoms with van der Waals surface area (Å²) in [5, 5.41) is 17.9. The minimum absolute atomic E-state index is 0.00860. The number of ether oxygens (including phenoxy) is 2. The van der Waals surface area contributed by atoms with E-state index < -0.39 is 22.7 Å². The average molecular weight is 487 g/mol. The molecule has 2 amide bonds. The molecule has 34 heavy (non-hydrogen) atoms. The van der Waals surface area contributed by atoms with Gasteiger partial charge < -0.3 is 20.5 Å². The van der Waals surface area contributed by atoms with Gasteiger partial charge in [-0.3, -0.25) is 19.7 Å². The summed E-state index contributed by atoms with van der Waals surface area (Å²) in [5.74, 6) is -2.01. The molecule has 0 aliphatic rings. The number of esters is 1. The molecule has 0 radical (unpaired) electrons. The van der Waals surface area contributed by atoms with Gasteiger partial charge >= 0.3 is 11.7 Å². The van der Waals surface area contributed by atoms with Gasteiger partial charge in [0.15, 0.2) is 18.2 Å². The van der Waals surface area contributed by atoms with Crippen molar-refractivity contribution >= 4 is 39.8 Å². The number of benzene rings is 1. The van der Waals surface area contributed by atoms with Gasteiger partial charge in [-0.05, 0) is 31.0 Å². The fourth-order valence-electron chi connectivity index (χ4n) is 2.94. The number of hydrogen-bond donors (Lipinski definition) is 2. The summed E-state index contributed by atoms with van der Waals surface area (Å²) in [6, 6.07) is 7.27. The molecule has 3 N–H and O–H groups in total. The smallest absolute Gasteiger partial charge is 0.341 e. The summed E-state index contributed by atoms with van der Waals surface area (Å²) in [5.41, 5.74) is 5.55. The number of para-hydroxylation sites is 2. The molecule has 12 nitrogen and oxygen atoms in total. The van der Waals surface area contributed by atoms with Crippen LogP contribution in [0, 0.1) is 17.0 Å². The van der Waals surface area contributed by atoms with Crippen LogP contribution in [-0.4, -0.2) is 39.1 Å². The fraction of sp³-hybridized carbons (Fsp3) is 0.238. The minimum atomic E-state index is -0.732. The van der Waals surface area contributed by atoms with Gasteiger partial charge in [0, 0.05) is 12.3 Å². The van der Waals surface area contributed by atoms with Crippen LogP contribution >= 0.6 is 11.3 Å². The predicted molar refractivity (Wildman–Crippen MR) is 122 cm³/mol. The highest BCUT2D eigenvalue weighted by atomic mass is 32.1. The Morgan fingerprint density at radius 2 is 2.00 bits per heavy atom. The maximum absolute atomic E-state index is 12.7. The largest absolute Gasteiger partial charge is 0.464 e. The van der Waals surface area contributed by atoms with Crippen molar-refractivity contribution in [3.05, 3.63) is 68.3 Å². The molecule has 0 spiro atoms. The summed E-state index contributed by atoms with van der Waals surface area (Å²) >= 11 is 0.867. The van der Waals surface area contributed by atoms with Gasteiger partial charge in [0.2, 0.25) is 0 Å². The van der Waals surface area contributed by atoms with Crippen LogP contribution < -0.4 is 15.8 Å². The molecule has 0 aliphatic heterocycles. The highest BCUT2D eigenvalue weighted by Crippen LogP contribution is 2.34. The lowest BCUT2D eigenvalue weighted by atomic mass is 10.1. The maximum Gasteiger partial charge on any atom is 0.341 e. The van der Waals surface area contributed by atoms with Gasteiger partial charge in [0.1, 0.15) is 5.00 Å². The van der Waals surface area contributed by atoms with Crippen molar-refractivity contribution in [2.45, 2.75) is 27.0 Å². The van der Waals surface area contributed by atoms with Crippen molar-refractivity contribution in [2.24, 2.45) is 5.73 Å². The number of nitro groups is 1. The molecule has 2 aromatic heterocycles. The minimum Gasteiger partial charge on any atom is -0.464 e. The number of anilines is 1. The fourth-order valence-corrected chi connectivity index (χ4v) is 3.98. The van der Waals surface area contributed by atoms with Crippen molar-refractivity contribution in [3.63, 3.8) is 0 Å². The zero-order chi connectivity index (χ0) is 24.8. The molecule has 0 fully saturated rings. The molecular formula is C21H21N5O7S. The first-order valence-corrected chi connectivity index (χ1v) is 10.9. The summed E-state index contributed by atoms with van der Waals surface area (Å²) in [6.07, 6.45) is 2.06. The Kier molecular flexibility index (Phi) is 7.58. The molecule has 3 rings (SSSR count). The Labute approximate surface area is 197 Å². The number of carbonyl (C=O) groups excluding carboxylic acids is 3. The summed E-state index contributed by atoms with van der Waals surface area (Å²) in [7, 11) is 0. The van der Waals surface area contributed by atoms with Gasteiger partial charge in [0.25, 0.3) is 11.8 Å². The third kappa shape index (κ3) is 5.38. The number of thiophene rings is 1. The van der Waals surface area contributed by atoms with E-state index in [2.05, 4.69) is 10.4 Å². The maximum atomic E-state index is 12.7. The first-order valence-electron chi connectivity index (χ1n) is 10.0. The molecule has 0 saturated carbocycles. The second-order valence-corrected chi connectivity index (χ2v) is 7.97. The predicted octanol–water partition coefficient (Wildman–Crippen LogP) is 3.12. The van der Waals surface area contributed by atoms with Crippen LogP contribution in [0.25, 0.3) is 0 Å². The number of aromatic nitrogens is 2. The number of nitrogens with one attached hydrogen (secondary N) is 1. The molecule has 0 atom stereocenters. The Hall–Kier alpha value is -4.26. The van der Waals surface area contributed by atoms with E-state index in [0.717, 1.165) is 11.3 Å². The van der Waals surface area contributed by atoms with Gasteiger partial charge in [0.05, 0.1) is 22.0 Å². The van der Waals surface area contributed by atoms with E-state index >= 15 is 0 Å². The summed E-state index contributed by atoms with van der Waals surface area (Å²) in [4.78, 5) is 47.6. The molecule has 178 valence electrons. The van der Waals surface area contributed by atoms with E-state index in [1.807, 2.05) is 6.92 Å². The van der Waals surface area contributed by atoms with Crippen molar-refractivity contribution in [1.82, 2.24) is 9.78 Å². The molecule has 0 saturated heterocycles. The van der Waals surface area contributed by atoms with Crippen LogP contribution in [0.15, 0.2) is 36.5 Å². The molecule has 13 heteroatoms. The lowest BCUT2D eigenvalue weighted by Gasteiger charge is -2.07. The highest BCUT2D eigenvalue weighted by molar-refractivity contribution is 7.18. The Bertz CT molecular complexity index is 1250. The number of carbonyl (C=O) groups is 3. The van der Waals surface area contributed by atoms with Crippen LogP contribution in [0.4, 0.5) is 10.7 Å². The number of amides is 2. The number of hydrogen-bond acceptors (Lipinski definition) is 9. The van der Waals surface area contributed by atoms with Crippen LogP contribution in [-0.2, 0) is 11.5 Å². The number of primary amides is 1. The average Bonchev–Trinajstić information content (AvgIpc) is 3.41. The summed E-state index contributed by atoms with van der Waals surface area (Å²) in [6.45, 7) is 3.37. The quantitative estimate of drug-likeness (QED) is 0.250. The van der Waals surface area contributed by atoms with Gasteiger partial charge in [-0.1, -0.05) is 19.1 Å². The van der Waals surface area contributed by atoms with E-state index in [1.54, 1.807) is 13.0 Å². The third-order valence-electron chi connectivity index (χ3n) is 4.53. The first-order chi connectivity index (χ1) is 16.2. The zero-order valence-corrected chi connectivity index (χ0v) is 19.1. The van der Waals surface area contributed by atoms with Crippen molar-refractivity contribution < 1.29 is 28.8 Å². The van der Waals surface area contributed by atoms with Crippen molar-refractivity contribution in [3.8, 4) is 5.75 Å². The van der Waals surface area contributed by atoms with Gasteiger partial charge in [-0.15, -0.1) is 11.3 Å². The van der Waals surface area contributed by atoms with E-state index in [1.165, 1.54) is 35.1 Å². The third-order valence-corrected chi connectivity index (χ3v) is 5.75. The van der Waals surface area contributed by atoms with Crippen LogP contribution in [0.5, 0.6) is 5.75 Å². The lowest BCUT2D eigenvalue weighted by Crippen LogP contribution is -2.16. The molecule has 1 aromatic carbocycles. The van der Waals surface area contributed by atoms with Crippen LogP contribution in [0.3, 0.4) is 0 Å². The van der Waals surface area contributed by atoms with E-state index in [9.17, 15) is 24.5 Å². The van der Waals surface area contributed by atoms with Gasteiger partial charge in [-0.2, -0.15) is 5.10 Å². The second-order valence-electron chi connectivity index (χ2n) is 6.95. The monoisotopic (exact) mass is 487 g/mol. The molecule has 0 bridgehead atoms. The van der Waals surface area contributed by atoms with Crippen LogP contribution in [0.1, 0.15) is 49.4 Å². The second kappa shape index (κ2) is 10.6. The number of nitrogens with zero attached hydrogens (tertiary/aromatic N) is 3. The van der Waals surface area contributed by atoms with E-state index in [4.69, 9.17) is 15.2 Å². The molecule has 0 unspecified atom stereocenters. The zero-order valence-electron chi connectivity index (χ0n) is 18.3. The molecular weight excluding hydrogens is 466 g/mol. The molecule has 3 aromatic rings. The highest BCUT2D eigenvalue weighted by Gasteiger charge is 2.26. The van der Waals surface area contributed by atoms with E-state index in [-0.39, 0.29) is 45.9 Å². The number of rotatable bonds is 10. The van der Waals surface area contributed by atoms with Crippen molar-refractivity contribution in [1.29, 1.82) is 0 Å². The normalized spacial score (nSPS) is 10.5. The Morgan fingerprint density at radius 1 is 1.26 bits per heavy atom. The topological polar surface area (TPSA) is 169 Å². The Balaban J connectivity index is 1.76. The number of nitro benzene ring substituents is 1.